The summed E-state index contributed by atoms with van der Waals surface area (Å²) in [6.45, 7) is 1.48. The zero-order valence-corrected chi connectivity index (χ0v) is 17.7. The van der Waals surface area contributed by atoms with Gasteiger partial charge in [-0.3, -0.25) is 28.8 Å². The van der Waals surface area contributed by atoms with E-state index in [9.17, 15) is 28.8 Å². The molecule has 0 saturated carbocycles. The fraction of sp³-hybridized carbons (Fsp3) is 0.667. The van der Waals surface area contributed by atoms with Crippen LogP contribution in [0.1, 0.15) is 45.4 Å². The highest BCUT2D eigenvalue weighted by Crippen LogP contribution is 2.05. The number of hydrogen-bond donors (Lipinski definition) is 8. The molecule has 0 spiro atoms. The summed E-state index contributed by atoms with van der Waals surface area (Å²) in [4.78, 5) is 69.8. The van der Waals surface area contributed by atoms with Gasteiger partial charge in [0.2, 0.25) is 17.7 Å². The van der Waals surface area contributed by atoms with E-state index in [2.05, 4.69) is 16.0 Å². The van der Waals surface area contributed by atoms with Gasteiger partial charge in [-0.2, -0.15) is 0 Å². The summed E-state index contributed by atoms with van der Waals surface area (Å²) in [7, 11) is 0. The highest BCUT2D eigenvalue weighted by Gasteiger charge is 2.30. The monoisotopic (exact) mass is 461 g/mol. The predicted molar refractivity (Wildman–Crippen MR) is 109 cm³/mol. The lowest BCUT2D eigenvalue weighted by atomic mass is 10.1. The minimum Gasteiger partial charge on any atom is -0.481 e. The molecule has 0 fully saturated rings. The first-order valence-corrected chi connectivity index (χ1v) is 9.92. The molecule has 14 heteroatoms. The topological polar surface area (TPSA) is 251 Å². The molecule has 0 saturated heterocycles. The van der Waals surface area contributed by atoms with Crippen LogP contribution in [-0.4, -0.2) is 81.7 Å². The first-order valence-electron chi connectivity index (χ1n) is 9.92. The van der Waals surface area contributed by atoms with Crippen LogP contribution in [0.15, 0.2) is 0 Å². The van der Waals surface area contributed by atoms with Gasteiger partial charge in [-0.15, -0.1) is 0 Å². The number of carboxylic acid groups (broad SMARTS) is 3. The predicted octanol–water partition coefficient (Wildman–Crippen LogP) is -2.66. The first-order chi connectivity index (χ1) is 14.9. The minimum atomic E-state index is -1.60. The maximum atomic E-state index is 12.7. The molecule has 4 unspecified atom stereocenters. The molecule has 0 aliphatic heterocycles. The normalized spacial score (nSPS) is 14.3. The van der Waals surface area contributed by atoms with Crippen LogP contribution in [-0.2, 0) is 28.8 Å². The van der Waals surface area contributed by atoms with Crippen LogP contribution in [0.4, 0.5) is 0 Å². The zero-order valence-electron chi connectivity index (χ0n) is 17.7. The fourth-order valence-corrected chi connectivity index (χ4v) is 2.48. The number of amides is 3. The summed E-state index contributed by atoms with van der Waals surface area (Å²) in [5.41, 5.74) is 11.1. The molecule has 14 nitrogen and oxygen atoms in total. The Labute approximate surface area is 184 Å². The Balaban J connectivity index is 5.35. The molecule has 32 heavy (non-hydrogen) atoms. The average molecular weight is 461 g/mol. The molecular formula is C18H31N5O9. The lowest BCUT2D eigenvalue weighted by Gasteiger charge is -2.24. The van der Waals surface area contributed by atoms with E-state index in [0.29, 0.717) is 19.4 Å². The van der Waals surface area contributed by atoms with Crippen molar-refractivity contribution >= 4 is 35.6 Å². The number of nitrogens with one attached hydrogen (secondary N) is 3. The van der Waals surface area contributed by atoms with Gasteiger partial charge in [-0.1, -0.05) is 0 Å². The number of aliphatic carboxylic acids is 3. The van der Waals surface area contributed by atoms with Crippen molar-refractivity contribution in [1.29, 1.82) is 0 Å². The SMILES string of the molecule is CC(NC(=O)C(CC(=O)O)NC(=O)C(CCCCN)NC(=O)C(N)CCC(=O)O)C(=O)O. The number of carbonyl (C=O) groups excluding carboxylic acids is 3. The maximum absolute atomic E-state index is 12.7. The summed E-state index contributed by atoms with van der Waals surface area (Å²) in [5.74, 6) is -6.64. The Morgan fingerprint density at radius 3 is 1.84 bits per heavy atom. The Bertz CT molecular complexity index is 700. The second-order valence-electron chi connectivity index (χ2n) is 7.11. The van der Waals surface area contributed by atoms with E-state index in [1.54, 1.807) is 0 Å². The van der Waals surface area contributed by atoms with Crippen molar-refractivity contribution in [2.45, 2.75) is 69.6 Å². The van der Waals surface area contributed by atoms with Crippen molar-refractivity contribution in [3.05, 3.63) is 0 Å². The molecule has 10 N–H and O–H groups in total. The molecule has 0 aliphatic rings. The van der Waals surface area contributed by atoms with Crippen molar-refractivity contribution in [1.82, 2.24) is 16.0 Å². The first kappa shape index (κ1) is 28.7. The molecule has 0 radical (unpaired) electrons. The molecule has 0 aromatic rings. The molecule has 0 rings (SSSR count). The van der Waals surface area contributed by atoms with Gasteiger partial charge in [0.05, 0.1) is 12.5 Å². The third-order valence-electron chi connectivity index (χ3n) is 4.33. The quantitative estimate of drug-likeness (QED) is 0.110. The van der Waals surface area contributed by atoms with E-state index < -0.39 is 66.2 Å². The van der Waals surface area contributed by atoms with E-state index >= 15 is 0 Å². The second kappa shape index (κ2) is 14.7. The fourth-order valence-electron chi connectivity index (χ4n) is 2.48. The van der Waals surface area contributed by atoms with Crippen LogP contribution in [0.2, 0.25) is 0 Å². The third-order valence-corrected chi connectivity index (χ3v) is 4.33. The van der Waals surface area contributed by atoms with Crippen LogP contribution in [0, 0.1) is 0 Å². The average Bonchev–Trinajstić information content (AvgIpc) is 2.69. The third kappa shape index (κ3) is 11.8. The van der Waals surface area contributed by atoms with Crippen molar-refractivity contribution in [2.24, 2.45) is 11.5 Å². The van der Waals surface area contributed by atoms with Crippen LogP contribution in [0.25, 0.3) is 0 Å². The lowest BCUT2D eigenvalue weighted by Crippen LogP contribution is -2.57. The van der Waals surface area contributed by atoms with Gasteiger partial charge in [0.25, 0.3) is 0 Å². The minimum absolute atomic E-state index is 0.0906. The second-order valence-corrected chi connectivity index (χ2v) is 7.11. The Morgan fingerprint density at radius 1 is 0.781 bits per heavy atom. The number of hydrogen-bond acceptors (Lipinski definition) is 8. The van der Waals surface area contributed by atoms with E-state index in [0.717, 1.165) is 6.92 Å². The van der Waals surface area contributed by atoms with Gasteiger partial charge in [-0.05, 0) is 39.2 Å². The van der Waals surface area contributed by atoms with Gasteiger partial charge >= 0.3 is 17.9 Å². The van der Waals surface area contributed by atoms with Crippen molar-refractivity contribution in [3.63, 3.8) is 0 Å². The highest BCUT2D eigenvalue weighted by molar-refractivity contribution is 5.95. The number of carboxylic acids is 3. The van der Waals surface area contributed by atoms with Gasteiger partial charge in [0.15, 0.2) is 0 Å². The Morgan fingerprint density at radius 2 is 1.34 bits per heavy atom. The van der Waals surface area contributed by atoms with Gasteiger partial charge in [-0.25, -0.2) is 0 Å². The van der Waals surface area contributed by atoms with Crippen LogP contribution in [0.3, 0.4) is 0 Å². The summed E-state index contributed by atoms with van der Waals surface area (Å²) in [6, 6.07) is -5.34. The van der Waals surface area contributed by atoms with Crippen molar-refractivity contribution in [2.75, 3.05) is 6.54 Å². The molecule has 4 atom stereocenters. The zero-order chi connectivity index (χ0) is 24.8. The number of unbranched alkanes of at least 4 members (excludes halogenated alkanes) is 1. The standard InChI is InChI=1S/C18H31N5O9/c1-9(18(31)32)21-17(30)12(8-14(26)27)23-16(29)11(4-2-3-7-19)22-15(28)10(20)5-6-13(24)25/h9-12H,2-8,19-20H2,1H3,(H,21,30)(H,22,28)(H,23,29)(H,24,25)(H,26,27)(H,31,32). The molecule has 0 aromatic carbocycles. The van der Waals surface area contributed by atoms with E-state index in [1.807, 2.05) is 0 Å². The number of rotatable bonds is 16. The Hall–Kier alpha value is -3.26. The molecule has 3 amide bonds. The van der Waals surface area contributed by atoms with Gasteiger partial charge in [0, 0.05) is 6.42 Å². The maximum Gasteiger partial charge on any atom is 0.325 e. The van der Waals surface area contributed by atoms with E-state index in [1.165, 1.54) is 0 Å². The highest BCUT2D eigenvalue weighted by atomic mass is 16.4. The van der Waals surface area contributed by atoms with E-state index in [4.69, 9.17) is 26.8 Å². The summed E-state index contributed by atoms with van der Waals surface area (Å²) >= 11 is 0. The number of nitrogens with two attached hydrogens (primary N) is 2. The van der Waals surface area contributed by atoms with Gasteiger partial charge < -0.3 is 42.7 Å². The van der Waals surface area contributed by atoms with Crippen LogP contribution < -0.4 is 27.4 Å². The molecule has 0 heterocycles. The molecule has 0 aromatic heterocycles. The largest absolute Gasteiger partial charge is 0.481 e. The van der Waals surface area contributed by atoms with Crippen LogP contribution >= 0.6 is 0 Å². The summed E-state index contributed by atoms with van der Waals surface area (Å²) in [6.07, 6.45) is -0.347. The molecule has 182 valence electrons. The summed E-state index contributed by atoms with van der Waals surface area (Å²) < 4.78 is 0. The van der Waals surface area contributed by atoms with E-state index in [-0.39, 0.29) is 19.3 Å². The van der Waals surface area contributed by atoms with Crippen molar-refractivity contribution < 1.29 is 44.1 Å². The number of carbonyl (C=O) groups is 6. The Kier molecular flexibility index (Phi) is 13.2. The van der Waals surface area contributed by atoms with Crippen LogP contribution in [0.5, 0.6) is 0 Å². The molecule has 0 bridgehead atoms. The molecule has 0 aliphatic carbocycles. The smallest absolute Gasteiger partial charge is 0.325 e. The lowest BCUT2D eigenvalue weighted by molar-refractivity contribution is -0.143. The summed E-state index contributed by atoms with van der Waals surface area (Å²) in [5, 5.41) is 33.3. The van der Waals surface area contributed by atoms with Crippen molar-refractivity contribution in [3.8, 4) is 0 Å². The molecular weight excluding hydrogens is 430 g/mol. The van der Waals surface area contributed by atoms with Gasteiger partial charge in [0.1, 0.15) is 18.1 Å².